The number of hydrogen-bond donors (Lipinski definition) is 0. The van der Waals surface area contributed by atoms with Crippen LogP contribution in [0.25, 0.3) is 0 Å². The molecule has 0 bridgehead atoms. The molecule has 0 N–H and O–H groups in total. The van der Waals surface area contributed by atoms with E-state index in [4.69, 9.17) is 4.74 Å². The van der Waals surface area contributed by atoms with Gasteiger partial charge in [0.25, 0.3) is 0 Å². The summed E-state index contributed by atoms with van der Waals surface area (Å²) in [5, 5.41) is 0. The second-order valence-electron chi connectivity index (χ2n) is 5.27. The van der Waals surface area contributed by atoms with Crippen LogP contribution in [0.3, 0.4) is 0 Å². The number of aryl methyl sites for hydroxylation is 1. The third kappa shape index (κ3) is 5.81. The maximum Gasteiger partial charge on any atom is 0.125 e. The van der Waals surface area contributed by atoms with Crippen molar-refractivity contribution in [3.63, 3.8) is 0 Å². The summed E-state index contributed by atoms with van der Waals surface area (Å²) < 4.78 is 6.13. The SMILES string of the molecule is CCCCCCOc1c(CC)cccc1C[SiH2]CC. The Balaban J connectivity index is 2.60. The first kappa shape index (κ1) is 16.3. The van der Waals surface area contributed by atoms with Crippen LogP contribution in [0.5, 0.6) is 5.75 Å². The molecule has 0 aliphatic rings. The van der Waals surface area contributed by atoms with Crippen LogP contribution in [0.4, 0.5) is 0 Å². The van der Waals surface area contributed by atoms with Gasteiger partial charge < -0.3 is 4.74 Å². The topological polar surface area (TPSA) is 9.23 Å². The van der Waals surface area contributed by atoms with Gasteiger partial charge in [-0.25, -0.2) is 0 Å². The first-order valence-corrected chi connectivity index (χ1v) is 10.1. The Morgan fingerprint density at radius 1 is 1.00 bits per heavy atom. The molecule has 0 aliphatic heterocycles. The van der Waals surface area contributed by atoms with Crippen LogP contribution < -0.4 is 4.74 Å². The summed E-state index contributed by atoms with van der Waals surface area (Å²) in [5.74, 6) is 1.21. The van der Waals surface area contributed by atoms with Gasteiger partial charge in [-0.3, -0.25) is 0 Å². The molecule has 0 saturated carbocycles. The zero-order chi connectivity index (χ0) is 13.9. The van der Waals surface area contributed by atoms with Crippen LogP contribution in [0, 0.1) is 0 Å². The second kappa shape index (κ2) is 10.1. The van der Waals surface area contributed by atoms with Crippen molar-refractivity contribution in [3.05, 3.63) is 29.3 Å². The molecule has 0 spiro atoms. The second-order valence-corrected chi connectivity index (χ2v) is 7.48. The average molecular weight is 279 g/mol. The molecule has 0 radical (unpaired) electrons. The number of benzene rings is 1. The Labute approximate surface area is 121 Å². The number of para-hydroxylation sites is 1. The molecular formula is C17H30OSi. The lowest BCUT2D eigenvalue weighted by atomic mass is 10.1. The highest BCUT2D eigenvalue weighted by molar-refractivity contribution is 6.34. The smallest absolute Gasteiger partial charge is 0.125 e. The van der Waals surface area contributed by atoms with Gasteiger partial charge in [0.1, 0.15) is 5.75 Å². The molecule has 0 fully saturated rings. The van der Waals surface area contributed by atoms with Gasteiger partial charge in [0.15, 0.2) is 0 Å². The van der Waals surface area contributed by atoms with E-state index in [1.807, 2.05) is 0 Å². The molecular weight excluding hydrogens is 248 g/mol. The Morgan fingerprint density at radius 2 is 1.79 bits per heavy atom. The van der Waals surface area contributed by atoms with Gasteiger partial charge in [0.05, 0.1) is 6.61 Å². The Bertz CT molecular complexity index is 349. The highest BCUT2D eigenvalue weighted by Gasteiger charge is 2.08. The van der Waals surface area contributed by atoms with E-state index in [0.717, 1.165) is 13.0 Å². The first-order chi connectivity index (χ1) is 9.33. The zero-order valence-corrected chi connectivity index (χ0v) is 14.4. The van der Waals surface area contributed by atoms with Crippen molar-refractivity contribution >= 4 is 9.52 Å². The van der Waals surface area contributed by atoms with E-state index in [1.165, 1.54) is 54.6 Å². The van der Waals surface area contributed by atoms with Gasteiger partial charge in [-0.2, -0.15) is 0 Å². The molecule has 0 unspecified atom stereocenters. The van der Waals surface area contributed by atoms with Gasteiger partial charge in [0, 0.05) is 9.52 Å². The van der Waals surface area contributed by atoms with Crippen molar-refractivity contribution in [2.24, 2.45) is 0 Å². The number of rotatable bonds is 10. The van der Waals surface area contributed by atoms with E-state index < -0.39 is 0 Å². The van der Waals surface area contributed by atoms with Crippen molar-refractivity contribution in [2.45, 2.75) is 65.0 Å². The van der Waals surface area contributed by atoms with Crippen molar-refractivity contribution in [1.29, 1.82) is 0 Å². The number of ether oxygens (including phenoxy) is 1. The molecule has 1 aromatic carbocycles. The van der Waals surface area contributed by atoms with Gasteiger partial charge >= 0.3 is 0 Å². The Kier molecular flexibility index (Phi) is 8.64. The Morgan fingerprint density at radius 3 is 2.47 bits per heavy atom. The highest BCUT2D eigenvalue weighted by Crippen LogP contribution is 2.25. The summed E-state index contributed by atoms with van der Waals surface area (Å²) >= 11 is 0. The van der Waals surface area contributed by atoms with Crippen molar-refractivity contribution in [1.82, 2.24) is 0 Å². The quantitative estimate of drug-likeness (QED) is 0.457. The van der Waals surface area contributed by atoms with Crippen molar-refractivity contribution in [2.75, 3.05) is 6.61 Å². The molecule has 0 amide bonds. The third-order valence-corrected chi connectivity index (χ3v) is 5.20. The van der Waals surface area contributed by atoms with E-state index in [2.05, 4.69) is 39.0 Å². The molecule has 1 rings (SSSR count). The maximum atomic E-state index is 6.13. The van der Waals surface area contributed by atoms with Gasteiger partial charge in [-0.1, -0.05) is 64.3 Å². The minimum atomic E-state index is 0.0618. The standard InChI is InChI=1S/C17H30OSi/c1-4-7-8-9-13-18-17-15(5-2)11-10-12-16(17)14-19-6-3/h10-12H,4-9,13-14,19H2,1-3H3. The van der Waals surface area contributed by atoms with E-state index in [0.29, 0.717) is 0 Å². The molecule has 0 heterocycles. The predicted molar refractivity (Wildman–Crippen MR) is 88.2 cm³/mol. The molecule has 19 heavy (non-hydrogen) atoms. The molecule has 0 atom stereocenters. The summed E-state index contributed by atoms with van der Waals surface area (Å²) in [6, 6.07) is 9.35. The average Bonchev–Trinajstić information content (AvgIpc) is 2.45. The van der Waals surface area contributed by atoms with E-state index >= 15 is 0 Å². The normalized spacial score (nSPS) is 11.3. The van der Waals surface area contributed by atoms with Crippen LogP contribution in [0.15, 0.2) is 18.2 Å². The molecule has 1 aromatic rings. The van der Waals surface area contributed by atoms with Crippen LogP contribution in [0.1, 0.15) is 57.6 Å². The van der Waals surface area contributed by atoms with Crippen LogP contribution >= 0.6 is 0 Å². The minimum absolute atomic E-state index is 0.0618. The molecule has 0 saturated heterocycles. The summed E-state index contributed by atoms with van der Waals surface area (Å²) in [6.07, 6.45) is 6.18. The third-order valence-electron chi connectivity index (χ3n) is 3.60. The highest BCUT2D eigenvalue weighted by atomic mass is 28.2. The molecule has 0 aliphatic carbocycles. The van der Waals surface area contributed by atoms with Gasteiger partial charge in [-0.15, -0.1) is 0 Å². The summed E-state index contributed by atoms with van der Waals surface area (Å²) in [5.41, 5.74) is 2.85. The fourth-order valence-corrected chi connectivity index (χ4v) is 3.50. The van der Waals surface area contributed by atoms with E-state index in [1.54, 1.807) is 0 Å². The Hall–Kier alpha value is -0.763. The molecule has 0 aromatic heterocycles. The molecule has 108 valence electrons. The lowest BCUT2D eigenvalue weighted by molar-refractivity contribution is 0.300. The fourth-order valence-electron chi connectivity index (χ4n) is 2.37. The van der Waals surface area contributed by atoms with Gasteiger partial charge in [0.2, 0.25) is 0 Å². The van der Waals surface area contributed by atoms with E-state index in [-0.39, 0.29) is 9.52 Å². The lowest BCUT2D eigenvalue weighted by Gasteiger charge is -2.15. The van der Waals surface area contributed by atoms with E-state index in [9.17, 15) is 0 Å². The monoisotopic (exact) mass is 278 g/mol. The molecule has 2 heteroatoms. The van der Waals surface area contributed by atoms with Crippen molar-refractivity contribution < 1.29 is 4.74 Å². The van der Waals surface area contributed by atoms with Gasteiger partial charge in [-0.05, 0) is 30.0 Å². The maximum absolute atomic E-state index is 6.13. The van der Waals surface area contributed by atoms with Crippen molar-refractivity contribution in [3.8, 4) is 5.75 Å². The lowest BCUT2D eigenvalue weighted by Crippen LogP contribution is -2.05. The zero-order valence-electron chi connectivity index (χ0n) is 13.0. The molecule has 1 nitrogen and oxygen atoms in total. The number of hydrogen-bond acceptors (Lipinski definition) is 1. The predicted octanol–water partition coefficient (Wildman–Crippen LogP) is 4.32. The van der Waals surface area contributed by atoms with Crippen LogP contribution in [0.2, 0.25) is 6.04 Å². The minimum Gasteiger partial charge on any atom is -0.493 e. The van der Waals surface area contributed by atoms with Crippen LogP contribution in [-0.2, 0) is 12.5 Å². The summed E-state index contributed by atoms with van der Waals surface area (Å²) in [7, 11) is 0.0618. The largest absolute Gasteiger partial charge is 0.493 e. The summed E-state index contributed by atoms with van der Waals surface area (Å²) in [4.78, 5) is 0. The first-order valence-electron chi connectivity index (χ1n) is 8.07. The van der Waals surface area contributed by atoms with Crippen LogP contribution in [-0.4, -0.2) is 16.1 Å². The summed E-state index contributed by atoms with van der Waals surface area (Å²) in [6.45, 7) is 7.67. The number of unbranched alkanes of at least 4 members (excludes halogenated alkanes) is 3. The fraction of sp³-hybridized carbons (Fsp3) is 0.647.